The molecule has 0 radical (unpaired) electrons. The van der Waals surface area contributed by atoms with Crippen LogP contribution >= 0.6 is 0 Å². The summed E-state index contributed by atoms with van der Waals surface area (Å²) in [4.78, 5) is 2.34. The molecular weight excluding hydrogens is 253 g/mol. The summed E-state index contributed by atoms with van der Waals surface area (Å²) in [5, 5.41) is 12.3. The van der Waals surface area contributed by atoms with E-state index in [-0.39, 0.29) is 11.4 Å². The molecule has 1 N–H and O–H groups in total. The summed E-state index contributed by atoms with van der Waals surface area (Å²) >= 11 is 0. The monoisotopic (exact) mass is 275 g/mol. The van der Waals surface area contributed by atoms with Gasteiger partial charge in [-0.3, -0.25) is 4.90 Å². The third-order valence-corrected chi connectivity index (χ3v) is 3.95. The Bertz CT molecular complexity index is 481. The fourth-order valence-electron chi connectivity index (χ4n) is 2.82. The Labute approximate surface area is 120 Å². The minimum atomic E-state index is -0.359. The van der Waals surface area contributed by atoms with Crippen LogP contribution in [0.4, 0.5) is 4.39 Å². The van der Waals surface area contributed by atoms with Gasteiger partial charge in [0.2, 0.25) is 0 Å². The van der Waals surface area contributed by atoms with Gasteiger partial charge in [-0.2, -0.15) is 5.26 Å². The second kappa shape index (κ2) is 7.37. The number of piperidine rings is 1. The number of likely N-dealkylation sites (tertiary alicyclic amines) is 1. The molecule has 1 aliphatic rings. The van der Waals surface area contributed by atoms with E-state index >= 15 is 0 Å². The van der Waals surface area contributed by atoms with Crippen molar-refractivity contribution in [1.82, 2.24) is 10.2 Å². The summed E-state index contributed by atoms with van der Waals surface area (Å²) in [7, 11) is 0. The Morgan fingerprint density at radius 1 is 1.45 bits per heavy atom. The van der Waals surface area contributed by atoms with E-state index in [9.17, 15) is 4.39 Å². The standard InChI is InChI=1S/C16H22FN3/c1-2-19-11-15-8-3-4-9-20(15)12-14-7-5-6-13(10-18)16(14)17/h5-7,15,19H,2-4,8-9,11-12H2,1H3. The van der Waals surface area contributed by atoms with Crippen LogP contribution in [0.3, 0.4) is 0 Å². The van der Waals surface area contributed by atoms with Gasteiger partial charge in [0.05, 0.1) is 5.56 Å². The zero-order valence-corrected chi connectivity index (χ0v) is 12.0. The van der Waals surface area contributed by atoms with E-state index in [2.05, 4.69) is 17.1 Å². The Morgan fingerprint density at radius 2 is 2.30 bits per heavy atom. The Morgan fingerprint density at radius 3 is 3.05 bits per heavy atom. The second-order valence-corrected chi connectivity index (χ2v) is 5.32. The molecule has 0 amide bonds. The van der Waals surface area contributed by atoms with E-state index in [1.54, 1.807) is 12.1 Å². The third kappa shape index (κ3) is 3.56. The van der Waals surface area contributed by atoms with Crippen LogP contribution in [-0.2, 0) is 6.54 Å². The lowest BCUT2D eigenvalue weighted by atomic mass is 10.0. The summed E-state index contributed by atoms with van der Waals surface area (Å²) in [5.74, 6) is -0.359. The number of nitrogens with one attached hydrogen (secondary N) is 1. The molecule has 1 unspecified atom stereocenters. The average molecular weight is 275 g/mol. The normalized spacial score (nSPS) is 19.8. The topological polar surface area (TPSA) is 39.1 Å². The van der Waals surface area contributed by atoms with Crippen molar-refractivity contribution >= 4 is 0 Å². The number of nitrogens with zero attached hydrogens (tertiary/aromatic N) is 2. The van der Waals surface area contributed by atoms with Crippen molar-refractivity contribution in [2.45, 2.75) is 38.8 Å². The van der Waals surface area contributed by atoms with E-state index in [4.69, 9.17) is 5.26 Å². The molecule has 0 saturated carbocycles. The maximum atomic E-state index is 14.1. The summed E-state index contributed by atoms with van der Waals surface area (Å²) in [6, 6.07) is 7.46. The SMILES string of the molecule is CCNCC1CCCCN1Cc1cccc(C#N)c1F. The van der Waals surface area contributed by atoms with Crippen molar-refractivity contribution in [1.29, 1.82) is 5.26 Å². The van der Waals surface area contributed by atoms with Crippen molar-refractivity contribution in [3.05, 3.63) is 35.1 Å². The molecule has 1 aliphatic heterocycles. The Balaban J connectivity index is 2.09. The summed E-state index contributed by atoms with van der Waals surface area (Å²) < 4.78 is 14.1. The molecule has 20 heavy (non-hydrogen) atoms. The highest BCUT2D eigenvalue weighted by molar-refractivity contribution is 5.34. The summed E-state index contributed by atoms with van der Waals surface area (Å²) in [5.41, 5.74) is 0.773. The number of halogens is 1. The van der Waals surface area contributed by atoms with Crippen LogP contribution in [0.25, 0.3) is 0 Å². The number of nitriles is 1. The first-order valence-electron chi connectivity index (χ1n) is 7.38. The molecule has 1 atom stereocenters. The van der Waals surface area contributed by atoms with Crippen LogP contribution in [0.5, 0.6) is 0 Å². The molecule has 1 saturated heterocycles. The largest absolute Gasteiger partial charge is 0.315 e. The van der Waals surface area contributed by atoms with Gasteiger partial charge in [0.1, 0.15) is 11.9 Å². The first-order valence-corrected chi connectivity index (χ1v) is 7.38. The van der Waals surface area contributed by atoms with Crippen molar-refractivity contribution in [3.8, 4) is 6.07 Å². The zero-order valence-electron chi connectivity index (χ0n) is 12.0. The van der Waals surface area contributed by atoms with Gasteiger partial charge in [0.15, 0.2) is 0 Å². The fourth-order valence-corrected chi connectivity index (χ4v) is 2.82. The van der Waals surface area contributed by atoms with Gasteiger partial charge < -0.3 is 5.32 Å². The Hall–Kier alpha value is -1.44. The molecule has 3 nitrogen and oxygen atoms in total. The second-order valence-electron chi connectivity index (χ2n) is 5.32. The van der Waals surface area contributed by atoms with Gasteiger partial charge >= 0.3 is 0 Å². The van der Waals surface area contributed by atoms with Crippen LogP contribution in [0.1, 0.15) is 37.3 Å². The summed E-state index contributed by atoms with van der Waals surface area (Å²) in [6.45, 7) is 5.62. The van der Waals surface area contributed by atoms with E-state index in [0.717, 1.165) is 26.1 Å². The van der Waals surface area contributed by atoms with Gasteiger partial charge in [0, 0.05) is 24.7 Å². The molecule has 1 aromatic carbocycles. The number of benzene rings is 1. The lowest BCUT2D eigenvalue weighted by Crippen LogP contribution is -2.45. The maximum absolute atomic E-state index is 14.1. The van der Waals surface area contributed by atoms with Crippen molar-refractivity contribution in [2.75, 3.05) is 19.6 Å². The van der Waals surface area contributed by atoms with E-state index in [0.29, 0.717) is 18.2 Å². The lowest BCUT2D eigenvalue weighted by molar-refractivity contribution is 0.136. The molecule has 2 rings (SSSR count). The van der Waals surface area contributed by atoms with Gasteiger partial charge in [0.25, 0.3) is 0 Å². The molecule has 0 bridgehead atoms. The van der Waals surface area contributed by atoms with Gasteiger partial charge in [-0.05, 0) is 32.0 Å². The lowest BCUT2D eigenvalue weighted by Gasteiger charge is -2.36. The highest BCUT2D eigenvalue weighted by Crippen LogP contribution is 2.21. The highest BCUT2D eigenvalue weighted by Gasteiger charge is 2.23. The molecule has 108 valence electrons. The van der Waals surface area contributed by atoms with Crippen LogP contribution in [0.15, 0.2) is 18.2 Å². The van der Waals surface area contributed by atoms with Crippen LogP contribution in [0.2, 0.25) is 0 Å². The molecule has 0 aromatic heterocycles. The molecule has 1 fully saturated rings. The number of hydrogen-bond donors (Lipinski definition) is 1. The first kappa shape index (κ1) is 15.0. The molecule has 1 aromatic rings. The van der Waals surface area contributed by atoms with Gasteiger partial charge in [-0.25, -0.2) is 4.39 Å². The summed E-state index contributed by atoms with van der Waals surface area (Å²) in [6.07, 6.45) is 3.57. The van der Waals surface area contributed by atoms with Crippen molar-refractivity contribution in [2.24, 2.45) is 0 Å². The van der Waals surface area contributed by atoms with Crippen LogP contribution < -0.4 is 5.32 Å². The van der Waals surface area contributed by atoms with E-state index in [1.807, 2.05) is 6.07 Å². The quantitative estimate of drug-likeness (QED) is 0.898. The van der Waals surface area contributed by atoms with Crippen molar-refractivity contribution < 1.29 is 4.39 Å². The predicted octanol–water partition coefficient (Wildman–Crippen LogP) is 2.66. The Kier molecular flexibility index (Phi) is 5.51. The highest BCUT2D eigenvalue weighted by atomic mass is 19.1. The number of likely N-dealkylation sites (N-methyl/N-ethyl adjacent to an activating group) is 1. The smallest absolute Gasteiger partial charge is 0.145 e. The van der Waals surface area contributed by atoms with Crippen LogP contribution in [-0.4, -0.2) is 30.6 Å². The predicted molar refractivity (Wildman–Crippen MR) is 77.7 cm³/mol. The van der Waals surface area contributed by atoms with Crippen molar-refractivity contribution in [3.63, 3.8) is 0 Å². The van der Waals surface area contributed by atoms with E-state index in [1.165, 1.54) is 18.9 Å². The fraction of sp³-hybridized carbons (Fsp3) is 0.562. The van der Waals surface area contributed by atoms with Gasteiger partial charge in [-0.15, -0.1) is 0 Å². The minimum Gasteiger partial charge on any atom is -0.315 e. The minimum absolute atomic E-state index is 0.141. The molecule has 0 aliphatic carbocycles. The van der Waals surface area contributed by atoms with Gasteiger partial charge in [-0.1, -0.05) is 25.5 Å². The zero-order chi connectivity index (χ0) is 14.4. The number of rotatable bonds is 5. The first-order chi connectivity index (χ1) is 9.76. The third-order valence-electron chi connectivity index (χ3n) is 3.95. The van der Waals surface area contributed by atoms with E-state index < -0.39 is 0 Å². The molecule has 1 heterocycles. The average Bonchev–Trinajstić information content (AvgIpc) is 2.48. The molecular formula is C16H22FN3. The van der Waals surface area contributed by atoms with Crippen LogP contribution in [0, 0.1) is 17.1 Å². The maximum Gasteiger partial charge on any atom is 0.145 e. The molecule has 4 heteroatoms. The molecule has 0 spiro atoms. The number of hydrogen-bond acceptors (Lipinski definition) is 3.